The number of hydrogen-bond donors (Lipinski definition) is 0. The van der Waals surface area contributed by atoms with Crippen molar-refractivity contribution >= 4 is 27.1 Å². The van der Waals surface area contributed by atoms with Crippen molar-refractivity contribution in [3.05, 3.63) is 60.6 Å². The van der Waals surface area contributed by atoms with Crippen LogP contribution in [0.15, 0.2) is 59.9 Å². The van der Waals surface area contributed by atoms with Crippen LogP contribution in [0, 0.1) is 0 Å². The molecule has 3 aromatic rings. The second-order valence-corrected chi connectivity index (χ2v) is 8.16. The van der Waals surface area contributed by atoms with E-state index >= 15 is 0 Å². The maximum Gasteiger partial charge on any atom is 0.260 e. The van der Waals surface area contributed by atoms with Crippen LogP contribution in [0.4, 0.5) is 5.69 Å². The number of fused-ring (bicyclic) bond motifs is 1. The van der Waals surface area contributed by atoms with Gasteiger partial charge in [-0.15, -0.1) is 0 Å². The molecule has 0 unspecified atom stereocenters. The van der Waals surface area contributed by atoms with Crippen molar-refractivity contribution in [3.8, 4) is 0 Å². The molecule has 130 valence electrons. The number of sulfone groups is 1. The normalized spacial score (nSPS) is 11.8. The number of rotatable bonds is 4. The standard InChI is InChI=1S/C18H19N3O3S/c1-13(2)21(15-5-7-16(8-6-15)25(3,23)24)18(22)14-4-9-17-19-10-11-20(17)12-14/h4-13H,1-3H3. The van der Waals surface area contributed by atoms with Gasteiger partial charge in [-0.3, -0.25) is 4.79 Å². The van der Waals surface area contributed by atoms with Crippen LogP contribution in [0.25, 0.3) is 5.65 Å². The Balaban J connectivity index is 1.98. The Morgan fingerprint density at radius 2 is 1.80 bits per heavy atom. The third kappa shape index (κ3) is 3.41. The van der Waals surface area contributed by atoms with Gasteiger partial charge in [0.25, 0.3) is 5.91 Å². The van der Waals surface area contributed by atoms with E-state index in [1.54, 1.807) is 52.2 Å². The molecular formula is C18H19N3O3S. The Hall–Kier alpha value is -2.67. The van der Waals surface area contributed by atoms with Crippen molar-refractivity contribution in [2.45, 2.75) is 24.8 Å². The second kappa shape index (κ2) is 6.33. The zero-order valence-electron chi connectivity index (χ0n) is 14.2. The lowest BCUT2D eigenvalue weighted by molar-refractivity contribution is 0.0980. The molecule has 0 saturated heterocycles. The van der Waals surface area contributed by atoms with Gasteiger partial charge in [0, 0.05) is 36.6 Å². The summed E-state index contributed by atoms with van der Waals surface area (Å²) in [5, 5.41) is 0. The first-order chi connectivity index (χ1) is 11.8. The number of aromatic nitrogens is 2. The average Bonchev–Trinajstić information content (AvgIpc) is 3.01. The molecule has 0 bridgehead atoms. The summed E-state index contributed by atoms with van der Waals surface area (Å²) in [6.07, 6.45) is 6.36. The molecule has 2 aromatic heterocycles. The Morgan fingerprint density at radius 1 is 1.12 bits per heavy atom. The van der Waals surface area contributed by atoms with Crippen molar-refractivity contribution in [2.24, 2.45) is 0 Å². The Morgan fingerprint density at radius 3 is 2.40 bits per heavy atom. The molecule has 0 fully saturated rings. The highest BCUT2D eigenvalue weighted by Crippen LogP contribution is 2.22. The smallest absolute Gasteiger partial charge is 0.260 e. The van der Waals surface area contributed by atoms with Gasteiger partial charge in [0.2, 0.25) is 0 Å². The van der Waals surface area contributed by atoms with E-state index in [0.717, 1.165) is 11.9 Å². The molecule has 0 N–H and O–H groups in total. The molecule has 0 aliphatic heterocycles. The zero-order chi connectivity index (χ0) is 18.2. The predicted molar refractivity (Wildman–Crippen MR) is 96.7 cm³/mol. The number of nitrogens with zero attached hydrogens (tertiary/aromatic N) is 3. The molecule has 2 heterocycles. The molecule has 0 aliphatic rings. The van der Waals surface area contributed by atoms with Gasteiger partial charge in [-0.1, -0.05) is 0 Å². The topological polar surface area (TPSA) is 71.8 Å². The molecule has 0 saturated carbocycles. The van der Waals surface area contributed by atoms with Crippen LogP contribution in [0.5, 0.6) is 0 Å². The summed E-state index contributed by atoms with van der Waals surface area (Å²) in [6, 6.07) is 9.80. The van der Waals surface area contributed by atoms with Crippen LogP contribution < -0.4 is 4.90 Å². The molecule has 1 amide bonds. The van der Waals surface area contributed by atoms with Gasteiger partial charge in [-0.25, -0.2) is 13.4 Å². The molecule has 0 radical (unpaired) electrons. The lowest BCUT2D eigenvalue weighted by Gasteiger charge is -2.27. The summed E-state index contributed by atoms with van der Waals surface area (Å²) in [5.41, 5.74) is 1.95. The second-order valence-electron chi connectivity index (χ2n) is 6.15. The molecule has 0 spiro atoms. The minimum Gasteiger partial charge on any atom is -0.306 e. The number of imidazole rings is 1. The van der Waals surface area contributed by atoms with E-state index in [1.807, 2.05) is 13.8 Å². The van der Waals surface area contributed by atoms with Crippen molar-refractivity contribution < 1.29 is 13.2 Å². The highest BCUT2D eigenvalue weighted by Gasteiger charge is 2.21. The SMILES string of the molecule is CC(C)N(C(=O)c1ccc2nccn2c1)c1ccc(S(C)(=O)=O)cc1. The predicted octanol–water partition coefficient (Wildman–Crippen LogP) is 2.79. The van der Waals surface area contributed by atoms with Crippen molar-refractivity contribution in [2.75, 3.05) is 11.2 Å². The summed E-state index contributed by atoms with van der Waals surface area (Å²) in [4.78, 5) is 19.1. The number of benzene rings is 1. The summed E-state index contributed by atoms with van der Waals surface area (Å²) in [6.45, 7) is 3.83. The number of amides is 1. The van der Waals surface area contributed by atoms with E-state index in [9.17, 15) is 13.2 Å². The molecular weight excluding hydrogens is 338 g/mol. The van der Waals surface area contributed by atoms with Gasteiger partial charge in [0.05, 0.1) is 10.5 Å². The fourth-order valence-corrected chi connectivity index (χ4v) is 3.32. The molecule has 6 nitrogen and oxygen atoms in total. The number of hydrogen-bond acceptors (Lipinski definition) is 4. The van der Waals surface area contributed by atoms with Gasteiger partial charge in [0.1, 0.15) is 5.65 Å². The molecule has 0 atom stereocenters. The first kappa shape index (κ1) is 17.2. The van der Waals surface area contributed by atoms with Gasteiger partial charge in [-0.2, -0.15) is 0 Å². The van der Waals surface area contributed by atoms with E-state index in [2.05, 4.69) is 4.98 Å². The third-order valence-electron chi connectivity index (χ3n) is 3.91. The fraction of sp³-hybridized carbons (Fsp3) is 0.222. The number of anilines is 1. The van der Waals surface area contributed by atoms with Crippen LogP contribution in [-0.2, 0) is 9.84 Å². The van der Waals surface area contributed by atoms with E-state index in [-0.39, 0.29) is 16.8 Å². The van der Waals surface area contributed by atoms with Crippen molar-refractivity contribution in [1.82, 2.24) is 9.38 Å². The largest absolute Gasteiger partial charge is 0.306 e. The zero-order valence-corrected chi connectivity index (χ0v) is 15.1. The average molecular weight is 357 g/mol. The Labute approximate surface area is 146 Å². The minimum absolute atomic E-state index is 0.0879. The van der Waals surface area contributed by atoms with Crippen molar-refractivity contribution in [1.29, 1.82) is 0 Å². The van der Waals surface area contributed by atoms with E-state index in [1.165, 1.54) is 12.1 Å². The maximum atomic E-state index is 13.0. The summed E-state index contributed by atoms with van der Waals surface area (Å²) in [7, 11) is -3.27. The van der Waals surface area contributed by atoms with Crippen LogP contribution >= 0.6 is 0 Å². The molecule has 3 rings (SSSR count). The Bertz CT molecular complexity index is 1020. The maximum absolute atomic E-state index is 13.0. The van der Waals surface area contributed by atoms with Gasteiger partial charge in [-0.05, 0) is 50.2 Å². The lowest BCUT2D eigenvalue weighted by atomic mass is 10.1. The lowest BCUT2D eigenvalue weighted by Crippen LogP contribution is -2.37. The van der Waals surface area contributed by atoms with Gasteiger partial charge >= 0.3 is 0 Å². The number of carbonyl (C=O) groups is 1. The summed E-state index contributed by atoms with van der Waals surface area (Å²) >= 11 is 0. The first-order valence-corrected chi connectivity index (χ1v) is 9.73. The summed E-state index contributed by atoms with van der Waals surface area (Å²) < 4.78 is 25.0. The van der Waals surface area contributed by atoms with Crippen LogP contribution in [0.3, 0.4) is 0 Å². The number of carbonyl (C=O) groups excluding carboxylic acids is 1. The van der Waals surface area contributed by atoms with Crippen LogP contribution in [0.1, 0.15) is 24.2 Å². The van der Waals surface area contributed by atoms with E-state index < -0.39 is 9.84 Å². The van der Waals surface area contributed by atoms with Crippen LogP contribution in [-0.4, -0.2) is 36.0 Å². The Kier molecular flexibility index (Phi) is 4.34. The first-order valence-electron chi connectivity index (χ1n) is 7.84. The van der Waals surface area contributed by atoms with Gasteiger partial charge in [0.15, 0.2) is 9.84 Å². The van der Waals surface area contributed by atoms with Crippen LogP contribution in [0.2, 0.25) is 0 Å². The van der Waals surface area contributed by atoms with Gasteiger partial charge < -0.3 is 9.30 Å². The number of pyridine rings is 1. The van der Waals surface area contributed by atoms with E-state index in [0.29, 0.717) is 11.3 Å². The molecule has 7 heteroatoms. The minimum atomic E-state index is -3.27. The highest BCUT2D eigenvalue weighted by atomic mass is 32.2. The summed E-state index contributed by atoms with van der Waals surface area (Å²) in [5.74, 6) is -0.155. The highest BCUT2D eigenvalue weighted by molar-refractivity contribution is 7.90. The molecule has 0 aliphatic carbocycles. The van der Waals surface area contributed by atoms with E-state index in [4.69, 9.17) is 0 Å². The third-order valence-corrected chi connectivity index (χ3v) is 5.04. The molecule has 25 heavy (non-hydrogen) atoms. The fourth-order valence-electron chi connectivity index (χ4n) is 2.69. The quantitative estimate of drug-likeness (QED) is 0.720. The van der Waals surface area contributed by atoms with Crippen molar-refractivity contribution in [3.63, 3.8) is 0 Å². The molecule has 1 aromatic carbocycles. The monoisotopic (exact) mass is 357 g/mol.